The standard InChI is InChI=1S/C12H22/c1-5-6-7-8-9-10-11-12(2,3)4/h8-11H,5-7H2,1-4H3. The van der Waals surface area contributed by atoms with Crippen LogP contribution in [0.5, 0.6) is 0 Å². The van der Waals surface area contributed by atoms with Crippen molar-refractivity contribution in [3.63, 3.8) is 0 Å². The number of hydrogen-bond acceptors (Lipinski definition) is 0. The second-order valence-electron chi connectivity index (χ2n) is 4.30. The number of hydrogen-bond donors (Lipinski definition) is 0. The Bertz CT molecular complexity index is 144. The maximum atomic E-state index is 2.24. The zero-order chi connectivity index (χ0) is 9.45. The first-order valence-corrected chi connectivity index (χ1v) is 4.90. The van der Waals surface area contributed by atoms with E-state index in [-0.39, 0.29) is 0 Å². The highest BCUT2D eigenvalue weighted by Crippen LogP contribution is 2.14. The first-order valence-electron chi connectivity index (χ1n) is 4.90. The molecule has 0 saturated carbocycles. The molecule has 0 aromatic rings. The van der Waals surface area contributed by atoms with Crippen LogP contribution in [0.4, 0.5) is 0 Å². The first kappa shape index (κ1) is 11.5. The quantitative estimate of drug-likeness (QED) is 0.430. The zero-order valence-electron chi connectivity index (χ0n) is 8.93. The molecule has 0 saturated heterocycles. The minimum absolute atomic E-state index is 0.315. The van der Waals surface area contributed by atoms with E-state index >= 15 is 0 Å². The van der Waals surface area contributed by atoms with E-state index in [2.05, 4.69) is 52.0 Å². The minimum Gasteiger partial charge on any atom is -0.0845 e. The number of unbranched alkanes of at least 4 members (excludes halogenated alkanes) is 2. The average Bonchev–Trinajstić information content (AvgIpc) is 1.94. The molecule has 0 heteroatoms. The SMILES string of the molecule is CCCCC=CC=CC(C)(C)C. The third-order valence-corrected chi connectivity index (χ3v) is 1.57. The molecule has 0 aliphatic rings. The number of rotatable bonds is 4. The predicted octanol–water partition coefficient (Wildman–Crippen LogP) is 4.34. The van der Waals surface area contributed by atoms with E-state index in [1.165, 1.54) is 19.3 Å². The van der Waals surface area contributed by atoms with E-state index in [0.717, 1.165) is 0 Å². The van der Waals surface area contributed by atoms with Crippen molar-refractivity contribution in [1.82, 2.24) is 0 Å². The highest BCUT2D eigenvalue weighted by atomic mass is 14.1. The van der Waals surface area contributed by atoms with Crippen LogP contribution in [0.1, 0.15) is 47.0 Å². The lowest BCUT2D eigenvalue weighted by molar-refractivity contribution is 0.544. The maximum Gasteiger partial charge on any atom is -0.0200 e. The Morgan fingerprint density at radius 3 is 2.25 bits per heavy atom. The molecule has 0 N–H and O–H groups in total. The molecule has 0 radical (unpaired) electrons. The summed E-state index contributed by atoms with van der Waals surface area (Å²) in [6.45, 7) is 8.86. The maximum absolute atomic E-state index is 2.24. The molecule has 0 bridgehead atoms. The molecule has 0 spiro atoms. The summed E-state index contributed by atoms with van der Waals surface area (Å²) in [7, 11) is 0. The molecular formula is C12H22. The molecule has 0 aliphatic carbocycles. The summed E-state index contributed by atoms with van der Waals surface area (Å²) >= 11 is 0. The van der Waals surface area contributed by atoms with Crippen molar-refractivity contribution in [2.24, 2.45) is 5.41 Å². The summed E-state index contributed by atoms with van der Waals surface area (Å²) in [5.74, 6) is 0. The van der Waals surface area contributed by atoms with Crippen molar-refractivity contribution >= 4 is 0 Å². The Morgan fingerprint density at radius 2 is 1.75 bits per heavy atom. The molecule has 0 amide bonds. The fraction of sp³-hybridized carbons (Fsp3) is 0.667. The molecular weight excluding hydrogens is 144 g/mol. The van der Waals surface area contributed by atoms with Crippen molar-refractivity contribution in [2.75, 3.05) is 0 Å². The molecule has 70 valence electrons. The first-order chi connectivity index (χ1) is 5.56. The van der Waals surface area contributed by atoms with Crippen LogP contribution in [0.2, 0.25) is 0 Å². The van der Waals surface area contributed by atoms with Gasteiger partial charge < -0.3 is 0 Å². The Labute approximate surface area is 77.4 Å². The normalized spacial score (nSPS) is 13.3. The van der Waals surface area contributed by atoms with Crippen LogP contribution in [-0.2, 0) is 0 Å². The largest absolute Gasteiger partial charge is 0.0845 e. The summed E-state index contributed by atoms with van der Waals surface area (Å²) in [5, 5.41) is 0. The van der Waals surface area contributed by atoms with E-state index in [4.69, 9.17) is 0 Å². The van der Waals surface area contributed by atoms with Gasteiger partial charge in [-0.05, 0) is 11.8 Å². The fourth-order valence-electron chi connectivity index (χ4n) is 0.841. The van der Waals surface area contributed by atoms with E-state index in [1.54, 1.807) is 0 Å². The van der Waals surface area contributed by atoms with Gasteiger partial charge in [-0.15, -0.1) is 0 Å². The van der Waals surface area contributed by atoms with Gasteiger partial charge in [0.25, 0.3) is 0 Å². The van der Waals surface area contributed by atoms with Gasteiger partial charge in [0.2, 0.25) is 0 Å². The summed E-state index contributed by atoms with van der Waals surface area (Å²) in [5.41, 5.74) is 0.315. The molecule has 12 heavy (non-hydrogen) atoms. The second kappa shape index (κ2) is 6.05. The van der Waals surface area contributed by atoms with Crippen molar-refractivity contribution < 1.29 is 0 Å². The van der Waals surface area contributed by atoms with Crippen LogP contribution in [0.15, 0.2) is 24.3 Å². The molecule has 0 aromatic heterocycles. The Balaban J connectivity index is 3.53. The van der Waals surface area contributed by atoms with Crippen LogP contribution in [0, 0.1) is 5.41 Å². The van der Waals surface area contributed by atoms with Gasteiger partial charge in [0, 0.05) is 0 Å². The van der Waals surface area contributed by atoms with Gasteiger partial charge in [0.1, 0.15) is 0 Å². The van der Waals surface area contributed by atoms with Crippen LogP contribution in [-0.4, -0.2) is 0 Å². The van der Waals surface area contributed by atoms with Gasteiger partial charge in [-0.2, -0.15) is 0 Å². The van der Waals surface area contributed by atoms with E-state index < -0.39 is 0 Å². The van der Waals surface area contributed by atoms with E-state index in [1.807, 2.05) is 0 Å². The smallest absolute Gasteiger partial charge is 0.0200 e. The molecule has 0 atom stereocenters. The fourth-order valence-corrected chi connectivity index (χ4v) is 0.841. The Kier molecular flexibility index (Phi) is 5.79. The molecule has 0 unspecified atom stereocenters. The van der Waals surface area contributed by atoms with Crippen molar-refractivity contribution in [1.29, 1.82) is 0 Å². The molecule has 0 aromatic carbocycles. The van der Waals surface area contributed by atoms with Gasteiger partial charge in [0.15, 0.2) is 0 Å². The van der Waals surface area contributed by atoms with E-state index in [9.17, 15) is 0 Å². The van der Waals surface area contributed by atoms with Crippen molar-refractivity contribution in [3.8, 4) is 0 Å². The molecule has 0 aliphatic heterocycles. The van der Waals surface area contributed by atoms with E-state index in [0.29, 0.717) is 5.41 Å². The molecule has 0 heterocycles. The van der Waals surface area contributed by atoms with Crippen LogP contribution in [0.3, 0.4) is 0 Å². The zero-order valence-corrected chi connectivity index (χ0v) is 8.93. The van der Waals surface area contributed by atoms with Crippen LogP contribution in [0.25, 0.3) is 0 Å². The lowest BCUT2D eigenvalue weighted by Crippen LogP contribution is -1.97. The second-order valence-corrected chi connectivity index (χ2v) is 4.30. The minimum atomic E-state index is 0.315. The lowest BCUT2D eigenvalue weighted by atomic mass is 9.96. The average molecular weight is 166 g/mol. The highest BCUT2D eigenvalue weighted by molar-refractivity contribution is 5.05. The molecule has 0 rings (SSSR count). The topological polar surface area (TPSA) is 0 Å². The summed E-state index contributed by atoms with van der Waals surface area (Å²) in [6.07, 6.45) is 12.6. The van der Waals surface area contributed by atoms with Gasteiger partial charge >= 0.3 is 0 Å². The molecule has 0 nitrogen and oxygen atoms in total. The third kappa shape index (κ3) is 9.48. The van der Waals surface area contributed by atoms with Crippen molar-refractivity contribution in [3.05, 3.63) is 24.3 Å². The van der Waals surface area contributed by atoms with Gasteiger partial charge in [-0.1, -0.05) is 64.8 Å². The Morgan fingerprint density at radius 1 is 1.08 bits per heavy atom. The van der Waals surface area contributed by atoms with Crippen LogP contribution >= 0.6 is 0 Å². The van der Waals surface area contributed by atoms with Gasteiger partial charge in [-0.3, -0.25) is 0 Å². The lowest BCUT2D eigenvalue weighted by Gasteiger charge is -2.09. The molecule has 0 fully saturated rings. The van der Waals surface area contributed by atoms with Crippen LogP contribution < -0.4 is 0 Å². The summed E-state index contributed by atoms with van der Waals surface area (Å²) < 4.78 is 0. The van der Waals surface area contributed by atoms with Gasteiger partial charge in [0.05, 0.1) is 0 Å². The van der Waals surface area contributed by atoms with Gasteiger partial charge in [-0.25, -0.2) is 0 Å². The third-order valence-electron chi connectivity index (χ3n) is 1.57. The predicted molar refractivity (Wildman–Crippen MR) is 57.3 cm³/mol. The summed E-state index contributed by atoms with van der Waals surface area (Å²) in [6, 6.07) is 0. The Hall–Kier alpha value is -0.520. The highest BCUT2D eigenvalue weighted by Gasteiger charge is 2.01. The summed E-state index contributed by atoms with van der Waals surface area (Å²) in [4.78, 5) is 0. The monoisotopic (exact) mass is 166 g/mol. The number of allylic oxidation sites excluding steroid dienone is 4. The van der Waals surface area contributed by atoms with Crippen molar-refractivity contribution in [2.45, 2.75) is 47.0 Å².